The molecule has 1 amide bonds. The Morgan fingerprint density at radius 3 is 2.46 bits per heavy atom. The fraction of sp³-hybridized carbons (Fsp3) is 0.429. The van der Waals surface area contributed by atoms with Crippen LogP contribution in [0.3, 0.4) is 0 Å². The molecule has 7 nitrogen and oxygen atoms in total. The Bertz CT molecular complexity index is 778. The molecule has 0 radical (unpaired) electrons. The summed E-state index contributed by atoms with van der Waals surface area (Å²) in [6.07, 6.45) is 3.61. The van der Waals surface area contributed by atoms with Gasteiger partial charge in [-0.2, -0.15) is 0 Å². The Balaban J connectivity index is 1.97. The van der Waals surface area contributed by atoms with Gasteiger partial charge in [-0.05, 0) is 38.0 Å². The highest BCUT2D eigenvalue weighted by atomic mass is 16.6. The van der Waals surface area contributed by atoms with Crippen molar-refractivity contribution < 1.29 is 9.53 Å². The van der Waals surface area contributed by atoms with Crippen LogP contribution in [-0.2, 0) is 18.3 Å². The van der Waals surface area contributed by atoms with Crippen molar-refractivity contribution in [1.82, 2.24) is 20.5 Å². The molecule has 0 aliphatic heterocycles. The standard InChI is InChI=1S/C21H31N5O2/c1-21(2,3)28-20(27)25-18(17-9-7-6-8-10-17)14-24-19(22-4)23-13-16-11-12-26(5)15-16/h6-12,15,18H,13-14H2,1-5H3,(H,25,27)(H2,22,23,24). The lowest BCUT2D eigenvalue weighted by Crippen LogP contribution is -2.44. The van der Waals surface area contributed by atoms with Crippen molar-refractivity contribution in [2.24, 2.45) is 12.0 Å². The van der Waals surface area contributed by atoms with Gasteiger partial charge in [0.25, 0.3) is 0 Å². The second kappa shape index (κ2) is 9.82. The molecule has 0 saturated heterocycles. The molecule has 0 bridgehead atoms. The van der Waals surface area contributed by atoms with Crippen LogP contribution in [0.25, 0.3) is 0 Å². The maximum atomic E-state index is 12.3. The van der Waals surface area contributed by atoms with Gasteiger partial charge in [-0.25, -0.2) is 4.79 Å². The van der Waals surface area contributed by atoms with E-state index in [9.17, 15) is 4.79 Å². The van der Waals surface area contributed by atoms with E-state index in [0.29, 0.717) is 19.0 Å². The van der Waals surface area contributed by atoms with Gasteiger partial charge in [-0.15, -0.1) is 0 Å². The van der Waals surface area contributed by atoms with Crippen LogP contribution in [0.15, 0.2) is 53.8 Å². The zero-order chi connectivity index (χ0) is 20.6. The van der Waals surface area contributed by atoms with Crippen molar-refractivity contribution in [3.63, 3.8) is 0 Å². The summed E-state index contributed by atoms with van der Waals surface area (Å²) in [4.78, 5) is 16.5. The molecule has 28 heavy (non-hydrogen) atoms. The second-order valence-electron chi connectivity index (χ2n) is 7.60. The van der Waals surface area contributed by atoms with Crippen LogP contribution in [-0.4, -0.2) is 35.8 Å². The van der Waals surface area contributed by atoms with Crippen molar-refractivity contribution in [3.05, 3.63) is 59.9 Å². The number of amides is 1. The maximum Gasteiger partial charge on any atom is 0.408 e. The van der Waals surface area contributed by atoms with E-state index in [2.05, 4.69) is 33.2 Å². The number of aliphatic imine (C=N–C) groups is 1. The number of carbonyl (C=O) groups excluding carboxylic acids is 1. The molecule has 3 N–H and O–H groups in total. The Morgan fingerprint density at radius 1 is 1.18 bits per heavy atom. The van der Waals surface area contributed by atoms with Gasteiger partial charge < -0.3 is 25.3 Å². The van der Waals surface area contributed by atoms with Gasteiger partial charge in [0, 0.05) is 39.6 Å². The zero-order valence-corrected chi connectivity index (χ0v) is 17.3. The molecule has 2 rings (SSSR count). The molecule has 1 atom stereocenters. The number of nitrogens with one attached hydrogen (secondary N) is 3. The molecule has 0 spiro atoms. The SMILES string of the molecule is CN=C(NCc1ccn(C)c1)NCC(NC(=O)OC(C)(C)C)c1ccccc1. The molecule has 1 heterocycles. The molecule has 0 saturated carbocycles. The largest absolute Gasteiger partial charge is 0.444 e. The van der Waals surface area contributed by atoms with Gasteiger partial charge >= 0.3 is 6.09 Å². The van der Waals surface area contributed by atoms with Gasteiger partial charge in [0.05, 0.1) is 6.04 Å². The lowest BCUT2D eigenvalue weighted by Gasteiger charge is -2.24. The van der Waals surface area contributed by atoms with Gasteiger partial charge in [-0.3, -0.25) is 4.99 Å². The fourth-order valence-corrected chi connectivity index (χ4v) is 2.66. The summed E-state index contributed by atoms with van der Waals surface area (Å²) >= 11 is 0. The topological polar surface area (TPSA) is 79.7 Å². The van der Waals surface area contributed by atoms with Crippen molar-refractivity contribution in [2.75, 3.05) is 13.6 Å². The maximum absolute atomic E-state index is 12.3. The summed E-state index contributed by atoms with van der Waals surface area (Å²) in [6.45, 7) is 6.67. The van der Waals surface area contributed by atoms with Crippen LogP contribution < -0.4 is 16.0 Å². The molecule has 7 heteroatoms. The molecule has 0 aliphatic rings. The quantitative estimate of drug-likeness (QED) is 0.528. The first-order valence-corrected chi connectivity index (χ1v) is 9.36. The summed E-state index contributed by atoms with van der Waals surface area (Å²) in [5, 5.41) is 9.49. The Kier molecular flexibility index (Phi) is 7.49. The summed E-state index contributed by atoms with van der Waals surface area (Å²) in [5.74, 6) is 0.663. The molecular formula is C21H31N5O2. The number of carbonyl (C=O) groups is 1. The monoisotopic (exact) mass is 385 g/mol. The normalized spacial score (nSPS) is 13.0. The third kappa shape index (κ3) is 7.34. The minimum atomic E-state index is -0.550. The Hall–Kier alpha value is -2.96. The van der Waals surface area contributed by atoms with E-state index in [1.54, 1.807) is 7.05 Å². The minimum Gasteiger partial charge on any atom is -0.444 e. The van der Waals surface area contributed by atoms with E-state index >= 15 is 0 Å². The summed E-state index contributed by atoms with van der Waals surface area (Å²) in [7, 11) is 3.71. The minimum absolute atomic E-state index is 0.258. The fourth-order valence-electron chi connectivity index (χ4n) is 2.66. The number of alkyl carbamates (subject to hydrolysis) is 1. The van der Waals surface area contributed by atoms with Crippen molar-refractivity contribution >= 4 is 12.1 Å². The third-order valence-electron chi connectivity index (χ3n) is 3.94. The number of hydrogen-bond acceptors (Lipinski definition) is 3. The molecule has 2 aromatic rings. The van der Waals surface area contributed by atoms with E-state index in [4.69, 9.17) is 4.74 Å². The van der Waals surface area contributed by atoms with Crippen LogP contribution in [0.2, 0.25) is 0 Å². The van der Waals surface area contributed by atoms with Crippen LogP contribution in [0, 0.1) is 0 Å². The summed E-state index contributed by atoms with van der Waals surface area (Å²) in [6, 6.07) is 11.6. The second-order valence-corrected chi connectivity index (χ2v) is 7.60. The average Bonchev–Trinajstić information content (AvgIpc) is 3.05. The molecule has 1 aromatic heterocycles. The highest BCUT2D eigenvalue weighted by Gasteiger charge is 2.20. The summed E-state index contributed by atoms with van der Waals surface area (Å²) < 4.78 is 7.41. The first kappa shape index (κ1) is 21.3. The van der Waals surface area contributed by atoms with Gasteiger partial charge in [0.2, 0.25) is 0 Å². The molecule has 152 valence electrons. The van der Waals surface area contributed by atoms with Crippen LogP contribution in [0.5, 0.6) is 0 Å². The smallest absolute Gasteiger partial charge is 0.408 e. The van der Waals surface area contributed by atoms with E-state index in [-0.39, 0.29) is 6.04 Å². The predicted molar refractivity (Wildman–Crippen MR) is 112 cm³/mol. The number of ether oxygens (including phenoxy) is 1. The number of nitrogens with zero attached hydrogens (tertiary/aromatic N) is 2. The van der Waals surface area contributed by atoms with Crippen LogP contribution in [0.4, 0.5) is 4.79 Å². The highest BCUT2D eigenvalue weighted by molar-refractivity contribution is 5.79. The van der Waals surface area contributed by atoms with Crippen LogP contribution >= 0.6 is 0 Å². The van der Waals surface area contributed by atoms with Gasteiger partial charge in [-0.1, -0.05) is 30.3 Å². The van der Waals surface area contributed by atoms with Gasteiger partial charge in [0.1, 0.15) is 5.60 Å². The van der Waals surface area contributed by atoms with Crippen LogP contribution in [0.1, 0.15) is 37.9 Å². The lowest BCUT2D eigenvalue weighted by atomic mass is 10.1. The lowest BCUT2D eigenvalue weighted by molar-refractivity contribution is 0.0504. The number of aryl methyl sites for hydroxylation is 1. The first-order valence-electron chi connectivity index (χ1n) is 9.36. The van der Waals surface area contributed by atoms with E-state index in [0.717, 1.165) is 11.1 Å². The molecule has 0 fully saturated rings. The van der Waals surface area contributed by atoms with E-state index in [1.807, 2.05) is 68.9 Å². The Labute approximate surface area is 167 Å². The van der Waals surface area contributed by atoms with Crippen molar-refractivity contribution in [1.29, 1.82) is 0 Å². The number of benzene rings is 1. The molecule has 1 unspecified atom stereocenters. The Morgan fingerprint density at radius 2 is 1.89 bits per heavy atom. The molecule has 1 aromatic carbocycles. The first-order chi connectivity index (χ1) is 13.3. The number of hydrogen-bond donors (Lipinski definition) is 3. The predicted octanol–water partition coefficient (Wildman–Crippen LogP) is 2.96. The number of guanidine groups is 1. The zero-order valence-electron chi connectivity index (χ0n) is 17.3. The summed E-state index contributed by atoms with van der Waals surface area (Å²) in [5.41, 5.74) is 1.60. The van der Waals surface area contributed by atoms with Gasteiger partial charge in [0.15, 0.2) is 5.96 Å². The van der Waals surface area contributed by atoms with E-state index < -0.39 is 11.7 Å². The highest BCUT2D eigenvalue weighted by Crippen LogP contribution is 2.14. The molecule has 0 aliphatic carbocycles. The third-order valence-corrected chi connectivity index (χ3v) is 3.94. The van der Waals surface area contributed by atoms with Crippen molar-refractivity contribution in [2.45, 2.75) is 39.0 Å². The number of rotatable bonds is 6. The van der Waals surface area contributed by atoms with Crippen molar-refractivity contribution in [3.8, 4) is 0 Å². The number of aromatic nitrogens is 1. The van der Waals surface area contributed by atoms with E-state index in [1.165, 1.54) is 0 Å². The molecular weight excluding hydrogens is 354 g/mol. The average molecular weight is 386 g/mol.